The molecule has 0 radical (unpaired) electrons. The fourth-order valence-electron chi connectivity index (χ4n) is 3.15. The van der Waals surface area contributed by atoms with E-state index in [0.717, 1.165) is 69.6 Å². The van der Waals surface area contributed by atoms with Crippen molar-refractivity contribution < 1.29 is 9.47 Å². The molecule has 1 atom stereocenters. The van der Waals surface area contributed by atoms with Crippen LogP contribution in [0.1, 0.15) is 32.1 Å². The van der Waals surface area contributed by atoms with Gasteiger partial charge in [-0.2, -0.15) is 11.8 Å². The van der Waals surface area contributed by atoms with Crippen LogP contribution in [0.2, 0.25) is 0 Å². The van der Waals surface area contributed by atoms with Crippen LogP contribution >= 0.6 is 11.8 Å². The van der Waals surface area contributed by atoms with Gasteiger partial charge in [-0.1, -0.05) is 6.08 Å². The number of likely N-dealkylation sites (tertiary alicyclic amines) is 1. The van der Waals surface area contributed by atoms with Gasteiger partial charge in [0.2, 0.25) is 0 Å². The van der Waals surface area contributed by atoms with Crippen LogP contribution in [0.5, 0.6) is 0 Å². The summed E-state index contributed by atoms with van der Waals surface area (Å²) in [6, 6.07) is 0. The first-order chi connectivity index (χ1) is 11.8. The zero-order valence-corrected chi connectivity index (χ0v) is 15.9. The van der Waals surface area contributed by atoms with Crippen molar-refractivity contribution in [2.45, 2.75) is 44.3 Å². The third-order valence-electron chi connectivity index (χ3n) is 4.51. The molecule has 0 aromatic rings. The highest BCUT2D eigenvalue weighted by atomic mass is 32.2. The number of hydrogen-bond acceptors (Lipinski definition) is 4. The molecule has 2 heterocycles. The summed E-state index contributed by atoms with van der Waals surface area (Å²) in [7, 11) is 1.86. The lowest BCUT2D eigenvalue weighted by atomic mass is 10.1. The van der Waals surface area contributed by atoms with E-state index in [1.807, 2.05) is 24.9 Å². The predicted molar refractivity (Wildman–Crippen MR) is 103 cm³/mol. The number of nitrogens with zero attached hydrogens (tertiary/aromatic N) is 2. The Morgan fingerprint density at radius 2 is 2.21 bits per heavy atom. The van der Waals surface area contributed by atoms with Gasteiger partial charge in [0.05, 0.1) is 18.8 Å². The number of thioether (sulfide) groups is 1. The van der Waals surface area contributed by atoms with Crippen molar-refractivity contribution in [1.82, 2.24) is 10.2 Å². The summed E-state index contributed by atoms with van der Waals surface area (Å²) in [5.41, 5.74) is 0. The molecule has 6 heteroatoms. The molecule has 0 aromatic heterocycles. The lowest BCUT2D eigenvalue weighted by molar-refractivity contribution is -0.0721. The van der Waals surface area contributed by atoms with E-state index in [4.69, 9.17) is 9.47 Å². The van der Waals surface area contributed by atoms with E-state index in [1.165, 1.54) is 12.8 Å². The first-order valence-electron chi connectivity index (χ1n) is 9.21. The second kappa shape index (κ2) is 11.8. The van der Waals surface area contributed by atoms with Crippen molar-refractivity contribution in [1.29, 1.82) is 0 Å². The predicted octanol–water partition coefficient (Wildman–Crippen LogP) is 2.53. The summed E-state index contributed by atoms with van der Waals surface area (Å²) < 4.78 is 11.8. The van der Waals surface area contributed by atoms with E-state index in [-0.39, 0.29) is 0 Å². The van der Waals surface area contributed by atoms with Gasteiger partial charge in [0.15, 0.2) is 5.96 Å². The quantitative estimate of drug-likeness (QED) is 0.314. The smallest absolute Gasteiger partial charge is 0.193 e. The average molecular weight is 356 g/mol. The summed E-state index contributed by atoms with van der Waals surface area (Å²) in [6.45, 7) is 8.37. The molecule has 1 unspecified atom stereocenters. The van der Waals surface area contributed by atoms with E-state index in [1.54, 1.807) is 0 Å². The Labute approximate surface area is 151 Å². The number of hydrogen-bond donors (Lipinski definition) is 1. The van der Waals surface area contributed by atoms with E-state index in [9.17, 15) is 0 Å². The van der Waals surface area contributed by atoms with Crippen LogP contribution in [0.25, 0.3) is 0 Å². The van der Waals surface area contributed by atoms with Crippen molar-refractivity contribution >= 4 is 17.7 Å². The van der Waals surface area contributed by atoms with Gasteiger partial charge in [0.1, 0.15) is 0 Å². The molecule has 0 aromatic carbocycles. The van der Waals surface area contributed by atoms with Crippen LogP contribution < -0.4 is 5.32 Å². The van der Waals surface area contributed by atoms with Gasteiger partial charge in [0.25, 0.3) is 0 Å². The molecule has 2 fully saturated rings. The molecular formula is C18H33N3O2S. The highest BCUT2D eigenvalue weighted by Crippen LogP contribution is 2.17. The van der Waals surface area contributed by atoms with Crippen LogP contribution in [0.4, 0.5) is 0 Å². The highest BCUT2D eigenvalue weighted by Gasteiger charge is 2.23. The minimum atomic E-state index is 0.319. The molecule has 1 N–H and O–H groups in total. The number of guanidine groups is 1. The van der Waals surface area contributed by atoms with Gasteiger partial charge >= 0.3 is 0 Å². The first kappa shape index (κ1) is 19.6. The number of rotatable bonds is 8. The normalized spacial score (nSPS) is 23.3. The Balaban J connectivity index is 1.60. The van der Waals surface area contributed by atoms with Crippen molar-refractivity contribution in [3.8, 4) is 0 Å². The molecule has 0 aliphatic carbocycles. The minimum Gasteiger partial charge on any atom is -0.376 e. The van der Waals surface area contributed by atoms with Crippen molar-refractivity contribution in [2.75, 3.05) is 51.4 Å². The fraction of sp³-hybridized carbons (Fsp3) is 0.833. The van der Waals surface area contributed by atoms with Gasteiger partial charge in [-0.3, -0.25) is 4.99 Å². The molecule has 0 spiro atoms. The first-order valence-corrected chi connectivity index (χ1v) is 10.4. The largest absolute Gasteiger partial charge is 0.376 e. The Kier molecular flexibility index (Phi) is 9.61. The van der Waals surface area contributed by atoms with E-state index >= 15 is 0 Å². The fourth-order valence-corrected chi connectivity index (χ4v) is 3.73. The van der Waals surface area contributed by atoms with Gasteiger partial charge in [0, 0.05) is 44.8 Å². The van der Waals surface area contributed by atoms with E-state index < -0.39 is 0 Å². The van der Waals surface area contributed by atoms with Crippen LogP contribution in [-0.4, -0.2) is 74.5 Å². The molecule has 2 aliphatic heterocycles. The minimum absolute atomic E-state index is 0.319. The molecule has 2 rings (SSSR count). The van der Waals surface area contributed by atoms with Gasteiger partial charge in [-0.05, 0) is 32.1 Å². The third-order valence-corrected chi connectivity index (χ3v) is 5.47. The molecule has 0 amide bonds. The summed E-state index contributed by atoms with van der Waals surface area (Å²) >= 11 is 1.89. The SMILES string of the molecule is C=CCSCCNC(=NC)N1CCC(OCC2CCCCO2)CC1. The Morgan fingerprint density at radius 1 is 1.38 bits per heavy atom. The zero-order chi connectivity index (χ0) is 17.0. The Morgan fingerprint density at radius 3 is 2.88 bits per heavy atom. The second-order valence-corrected chi connectivity index (χ2v) is 7.50. The second-order valence-electron chi connectivity index (χ2n) is 6.35. The van der Waals surface area contributed by atoms with Gasteiger partial charge < -0.3 is 19.7 Å². The molecule has 2 saturated heterocycles. The summed E-state index contributed by atoms with van der Waals surface area (Å²) in [5.74, 6) is 3.10. The van der Waals surface area contributed by atoms with Crippen molar-refractivity contribution in [2.24, 2.45) is 4.99 Å². The zero-order valence-electron chi connectivity index (χ0n) is 15.0. The topological polar surface area (TPSA) is 46.1 Å². The lowest BCUT2D eigenvalue weighted by Gasteiger charge is -2.35. The summed E-state index contributed by atoms with van der Waals surface area (Å²) in [4.78, 5) is 6.76. The van der Waals surface area contributed by atoms with Gasteiger partial charge in [-0.15, -0.1) is 6.58 Å². The van der Waals surface area contributed by atoms with E-state index in [0.29, 0.717) is 12.2 Å². The number of nitrogens with one attached hydrogen (secondary N) is 1. The molecule has 138 valence electrons. The van der Waals surface area contributed by atoms with E-state index in [2.05, 4.69) is 21.8 Å². The Hall–Kier alpha value is -0.720. The maximum atomic E-state index is 6.08. The van der Waals surface area contributed by atoms with Crippen LogP contribution in [0.3, 0.4) is 0 Å². The molecule has 2 aliphatic rings. The number of ether oxygens (including phenoxy) is 2. The maximum absolute atomic E-state index is 6.08. The van der Waals surface area contributed by atoms with Gasteiger partial charge in [-0.25, -0.2) is 0 Å². The molecular weight excluding hydrogens is 322 g/mol. The van der Waals surface area contributed by atoms with Crippen molar-refractivity contribution in [3.05, 3.63) is 12.7 Å². The molecule has 24 heavy (non-hydrogen) atoms. The lowest BCUT2D eigenvalue weighted by Crippen LogP contribution is -2.47. The molecule has 0 bridgehead atoms. The standard InChI is InChI=1S/C18H33N3O2S/c1-3-13-24-14-9-20-18(19-2)21-10-7-16(8-11-21)23-15-17-6-4-5-12-22-17/h3,16-17H,1,4-15H2,2H3,(H,19,20). The maximum Gasteiger partial charge on any atom is 0.193 e. The van der Waals surface area contributed by atoms with Crippen molar-refractivity contribution in [3.63, 3.8) is 0 Å². The molecule has 5 nitrogen and oxygen atoms in total. The summed E-state index contributed by atoms with van der Waals surface area (Å²) in [5, 5.41) is 3.46. The molecule has 0 saturated carbocycles. The Bertz CT molecular complexity index is 378. The summed E-state index contributed by atoms with van der Waals surface area (Å²) in [6.07, 6.45) is 8.40. The average Bonchev–Trinajstić information content (AvgIpc) is 2.64. The highest BCUT2D eigenvalue weighted by molar-refractivity contribution is 7.99. The van der Waals surface area contributed by atoms with Crippen LogP contribution in [-0.2, 0) is 9.47 Å². The van der Waals surface area contributed by atoms with Crippen LogP contribution in [0, 0.1) is 0 Å². The van der Waals surface area contributed by atoms with Crippen LogP contribution in [0.15, 0.2) is 17.6 Å². The monoisotopic (exact) mass is 355 g/mol. The number of aliphatic imine (C=N–C) groups is 1. The third kappa shape index (κ3) is 7.03. The number of piperidine rings is 1.